The third-order valence-corrected chi connectivity index (χ3v) is 2.29. The van der Waals surface area contributed by atoms with Gasteiger partial charge in [0.1, 0.15) is 13.2 Å². The third-order valence-electron chi connectivity index (χ3n) is 2.01. The molecule has 0 radical (unpaired) electrons. The van der Waals surface area contributed by atoms with Crippen LogP contribution < -0.4 is 9.47 Å². The standard InChI is InChI=1S/C10H10O3S/c11-8(6-14)7-1-2-9-10(5-7)13-4-3-12-9/h1-2,5,14H,3-4,6H2. The number of carbonyl (C=O) groups excluding carboxylic acids is 1. The smallest absolute Gasteiger partial charge is 0.172 e. The highest BCUT2D eigenvalue weighted by molar-refractivity contribution is 7.81. The maximum atomic E-state index is 11.3. The van der Waals surface area contributed by atoms with Crippen molar-refractivity contribution in [3.63, 3.8) is 0 Å². The largest absolute Gasteiger partial charge is 0.486 e. The molecule has 0 fully saturated rings. The Morgan fingerprint density at radius 1 is 1.29 bits per heavy atom. The monoisotopic (exact) mass is 210 g/mol. The van der Waals surface area contributed by atoms with Crippen molar-refractivity contribution < 1.29 is 14.3 Å². The Hall–Kier alpha value is -1.16. The van der Waals surface area contributed by atoms with E-state index in [4.69, 9.17) is 9.47 Å². The van der Waals surface area contributed by atoms with Crippen LogP contribution in [0.15, 0.2) is 18.2 Å². The average Bonchev–Trinajstić information content (AvgIpc) is 2.27. The number of fused-ring (bicyclic) bond motifs is 1. The molecule has 4 heteroatoms. The van der Waals surface area contributed by atoms with Crippen LogP contribution in [0.1, 0.15) is 10.4 Å². The number of hydrogen-bond acceptors (Lipinski definition) is 4. The van der Waals surface area contributed by atoms with Crippen LogP contribution in [-0.4, -0.2) is 24.7 Å². The zero-order valence-electron chi connectivity index (χ0n) is 7.53. The second kappa shape index (κ2) is 3.92. The maximum Gasteiger partial charge on any atom is 0.172 e. The molecule has 1 heterocycles. The van der Waals surface area contributed by atoms with Crippen molar-refractivity contribution >= 4 is 18.4 Å². The molecule has 1 aliphatic heterocycles. The molecule has 3 nitrogen and oxygen atoms in total. The second-order valence-corrected chi connectivity index (χ2v) is 3.26. The van der Waals surface area contributed by atoms with E-state index in [1.165, 1.54) is 0 Å². The maximum absolute atomic E-state index is 11.3. The number of rotatable bonds is 2. The molecular formula is C10H10O3S. The van der Waals surface area contributed by atoms with Gasteiger partial charge < -0.3 is 9.47 Å². The Kier molecular flexibility index (Phi) is 2.63. The number of hydrogen-bond donors (Lipinski definition) is 1. The van der Waals surface area contributed by atoms with E-state index in [1.807, 2.05) is 0 Å². The quantitative estimate of drug-likeness (QED) is 0.594. The fourth-order valence-corrected chi connectivity index (χ4v) is 1.49. The SMILES string of the molecule is O=C(CS)c1ccc2c(c1)OCCO2. The van der Waals surface area contributed by atoms with Gasteiger partial charge in [0.2, 0.25) is 0 Å². The van der Waals surface area contributed by atoms with Crippen LogP contribution in [0.2, 0.25) is 0 Å². The van der Waals surface area contributed by atoms with Gasteiger partial charge in [-0.1, -0.05) is 0 Å². The van der Waals surface area contributed by atoms with Gasteiger partial charge in [0, 0.05) is 5.56 Å². The zero-order valence-corrected chi connectivity index (χ0v) is 8.42. The van der Waals surface area contributed by atoms with Gasteiger partial charge in [-0.3, -0.25) is 4.79 Å². The number of Topliss-reactive ketones (excluding diaryl/α,β-unsaturated/α-hetero) is 1. The van der Waals surface area contributed by atoms with Crippen LogP contribution in [0, 0.1) is 0 Å². The molecule has 0 atom stereocenters. The molecular weight excluding hydrogens is 200 g/mol. The lowest BCUT2D eigenvalue weighted by Gasteiger charge is -2.18. The van der Waals surface area contributed by atoms with Crippen LogP contribution in [0.4, 0.5) is 0 Å². The minimum Gasteiger partial charge on any atom is -0.486 e. The Morgan fingerprint density at radius 3 is 2.71 bits per heavy atom. The molecule has 0 saturated carbocycles. The lowest BCUT2D eigenvalue weighted by atomic mass is 10.1. The lowest BCUT2D eigenvalue weighted by Crippen LogP contribution is -2.15. The number of ether oxygens (including phenoxy) is 2. The minimum absolute atomic E-state index is 0.00898. The van der Waals surface area contributed by atoms with E-state index in [2.05, 4.69) is 12.6 Å². The highest BCUT2D eigenvalue weighted by Crippen LogP contribution is 2.30. The van der Waals surface area contributed by atoms with Gasteiger partial charge in [0.25, 0.3) is 0 Å². The van der Waals surface area contributed by atoms with Crippen molar-refractivity contribution in [1.29, 1.82) is 0 Å². The Bertz CT molecular complexity index is 362. The molecule has 1 aromatic rings. The highest BCUT2D eigenvalue weighted by atomic mass is 32.1. The molecule has 74 valence electrons. The second-order valence-electron chi connectivity index (χ2n) is 2.94. The summed E-state index contributed by atoms with van der Waals surface area (Å²) in [5.41, 5.74) is 0.615. The van der Waals surface area contributed by atoms with Gasteiger partial charge in [-0.15, -0.1) is 0 Å². The van der Waals surface area contributed by atoms with Gasteiger partial charge >= 0.3 is 0 Å². The molecule has 0 unspecified atom stereocenters. The third kappa shape index (κ3) is 1.70. The molecule has 14 heavy (non-hydrogen) atoms. The molecule has 0 N–H and O–H groups in total. The molecule has 2 rings (SSSR count). The Morgan fingerprint density at radius 2 is 2.00 bits per heavy atom. The fraction of sp³-hybridized carbons (Fsp3) is 0.300. The van der Waals surface area contributed by atoms with Gasteiger partial charge in [-0.2, -0.15) is 12.6 Å². The summed E-state index contributed by atoms with van der Waals surface area (Å²) in [7, 11) is 0. The van der Waals surface area contributed by atoms with Crippen LogP contribution in [0.3, 0.4) is 0 Å². The van der Waals surface area contributed by atoms with E-state index in [1.54, 1.807) is 18.2 Å². The van der Waals surface area contributed by atoms with Crippen molar-refractivity contribution in [2.24, 2.45) is 0 Å². The number of benzene rings is 1. The van der Waals surface area contributed by atoms with Gasteiger partial charge in [0.15, 0.2) is 17.3 Å². The van der Waals surface area contributed by atoms with Crippen molar-refractivity contribution in [3.05, 3.63) is 23.8 Å². The number of thiol groups is 1. The van der Waals surface area contributed by atoms with Gasteiger partial charge in [-0.05, 0) is 18.2 Å². The molecule has 0 saturated heterocycles. The summed E-state index contributed by atoms with van der Waals surface area (Å²) in [5.74, 6) is 1.54. The molecule has 0 aromatic heterocycles. The first-order valence-corrected chi connectivity index (χ1v) is 4.98. The molecule has 0 bridgehead atoms. The lowest BCUT2D eigenvalue weighted by molar-refractivity contribution is 0.102. The van der Waals surface area contributed by atoms with Crippen LogP contribution in [0.5, 0.6) is 11.5 Å². The Labute approximate surface area is 87.4 Å². The fourth-order valence-electron chi connectivity index (χ4n) is 1.31. The summed E-state index contributed by atoms with van der Waals surface area (Å²) >= 11 is 3.93. The summed E-state index contributed by atoms with van der Waals surface area (Å²) in [6, 6.07) is 5.18. The summed E-state index contributed by atoms with van der Waals surface area (Å²) in [6.07, 6.45) is 0. The normalized spacial score (nSPS) is 13.8. The molecule has 0 spiro atoms. The van der Waals surface area contributed by atoms with E-state index in [0.717, 1.165) is 0 Å². The van der Waals surface area contributed by atoms with Crippen molar-refractivity contribution in [3.8, 4) is 11.5 Å². The predicted octanol–water partition coefficient (Wildman–Crippen LogP) is 1.57. The van der Waals surface area contributed by atoms with E-state index < -0.39 is 0 Å². The first-order chi connectivity index (χ1) is 6.81. The number of ketones is 1. The minimum atomic E-state index is -0.00898. The predicted molar refractivity (Wildman–Crippen MR) is 55.6 cm³/mol. The molecule has 0 aliphatic carbocycles. The van der Waals surface area contributed by atoms with E-state index in [0.29, 0.717) is 30.3 Å². The number of carbonyl (C=O) groups is 1. The first kappa shape index (κ1) is 9.40. The van der Waals surface area contributed by atoms with Gasteiger partial charge in [-0.25, -0.2) is 0 Å². The summed E-state index contributed by atoms with van der Waals surface area (Å²) in [6.45, 7) is 1.10. The highest BCUT2D eigenvalue weighted by Gasteiger charge is 2.13. The van der Waals surface area contributed by atoms with Crippen LogP contribution in [-0.2, 0) is 0 Å². The average molecular weight is 210 g/mol. The molecule has 1 aromatic carbocycles. The Balaban J connectivity index is 2.33. The van der Waals surface area contributed by atoms with E-state index >= 15 is 0 Å². The van der Waals surface area contributed by atoms with E-state index in [9.17, 15) is 4.79 Å². The van der Waals surface area contributed by atoms with Crippen molar-refractivity contribution in [2.45, 2.75) is 0 Å². The summed E-state index contributed by atoms with van der Waals surface area (Å²) in [4.78, 5) is 11.3. The van der Waals surface area contributed by atoms with Crippen molar-refractivity contribution in [2.75, 3.05) is 19.0 Å². The van der Waals surface area contributed by atoms with E-state index in [-0.39, 0.29) is 11.5 Å². The zero-order chi connectivity index (χ0) is 9.97. The molecule has 1 aliphatic rings. The first-order valence-electron chi connectivity index (χ1n) is 4.35. The van der Waals surface area contributed by atoms with Gasteiger partial charge in [0.05, 0.1) is 5.75 Å². The topological polar surface area (TPSA) is 35.5 Å². The van der Waals surface area contributed by atoms with Crippen molar-refractivity contribution in [1.82, 2.24) is 0 Å². The van der Waals surface area contributed by atoms with Crippen LogP contribution >= 0.6 is 12.6 Å². The summed E-state index contributed by atoms with van der Waals surface area (Å²) < 4.78 is 10.7. The molecule has 0 amide bonds. The summed E-state index contributed by atoms with van der Waals surface area (Å²) in [5, 5.41) is 0. The van der Waals surface area contributed by atoms with Crippen LogP contribution in [0.25, 0.3) is 0 Å².